The van der Waals surface area contributed by atoms with Gasteiger partial charge in [-0.3, -0.25) is 0 Å². The standard InChI is InChI=1S/C10H18ClN5O/c1-16(5-6-17-2)4-3-13-9-8(12)7-14-10(11)15-9/h7H,3-6,12H2,1-2H3,(H,13,14,15). The van der Waals surface area contributed by atoms with Crippen molar-refractivity contribution in [2.45, 2.75) is 0 Å². The first-order chi connectivity index (χ1) is 8.13. The van der Waals surface area contributed by atoms with Crippen LogP contribution in [0.2, 0.25) is 5.28 Å². The second kappa shape index (κ2) is 7.26. The lowest BCUT2D eigenvalue weighted by atomic mass is 10.4. The zero-order valence-electron chi connectivity index (χ0n) is 10.1. The van der Waals surface area contributed by atoms with Crippen LogP contribution in [0.5, 0.6) is 0 Å². The first kappa shape index (κ1) is 14.0. The molecule has 1 rings (SSSR count). The largest absolute Gasteiger partial charge is 0.394 e. The number of rotatable bonds is 7. The highest BCUT2D eigenvalue weighted by molar-refractivity contribution is 6.28. The third-order valence-corrected chi connectivity index (χ3v) is 2.43. The summed E-state index contributed by atoms with van der Waals surface area (Å²) >= 11 is 5.68. The Morgan fingerprint density at radius 3 is 3.00 bits per heavy atom. The molecule has 96 valence electrons. The monoisotopic (exact) mass is 259 g/mol. The van der Waals surface area contributed by atoms with Crippen LogP contribution >= 0.6 is 11.6 Å². The highest BCUT2D eigenvalue weighted by atomic mass is 35.5. The molecular formula is C10H18ClN5O. The van der Waals surface area contributed by atoms with Gasteiger partial charge in [0.15, 0.2) is 5.82 Å². The molecule has 0 atom stereocenters. The molecule has 0 radical (unpaired) electrons. The number of hydrogen-bond acceptors (Lipinski definition) is 6. The zero-order valence-corrected chi connectivity index (χ0v) is 10.9. The Morgan fingerprint density at radius 1 is 1.53 bits per heavy atom. The van der Waals surface area contributed by atoms with E-state index in [9.17, 15) is 0 Å². The molecule has 0 unspecified atom stereocenters. The van der Waals surface area contributed by atoms with Crippen LogP contribution in [0.3, 0.4) is 0 Å². The minimum Gasteiger partial charge on any atom is -0.394 e. The molecule has 3 N–H and O–H groups in total. The van der Waals surface area contributed by atoms with Crippen LogP contribution in [0.15, 0.2) is 6.20 Å². The van der Waals surface area contributed by atoms with Gasteiger partial charge in [-0.1, -0.05) is 0 Å². The topological polar surface area (TPSA) is 76.3 Å². The lowest BCUT2D eigenvalue weighted by molar-refractivity contribution is 0.163. The van der Waals surface area contributed by atoms with Crippen LogP contribution in [-0.2, 0) is 4.74 Å². The van der Waals surface area contributed by atoms with E-state index in [-0.39, 0.29) is 5.28 Å². The number of anilines is 2. The van der Waals surface area contributed by atoms with E-state index in [1.165, 1.54) is 6.20 Å². The summed E-state index contributed by atoms with van der Waals surface area (Å²) in [6.45, 7) is 3.21. The molecule has 0 fully saturated rings. The van der Waals surface area contributed by atoms with Crippen molar-refractivity contribution in [1.82, 2.24) is 14.9 Å². The Bertz CT molecular complexity index is 349. The first-order valence-corrected chi connectivity index (χ1v) is 5.70. The number of methoxy groups -OCH3 is 1. The van der Waals surface area contributed by atoms with Gasteiger partial charge in [-0.2, -0.15) is 4.98 Å². The number of aromatic nitrogens is 2. The molecule has 0 aromatic carbocycles. The van der Waals surface area contributed by atoms with Gasteiger partial charge in [-0.15, -0.1) is 0 Å². The molecule has 1 heterocycles. The van der Waals surface area contributed by atoms with E-state index in [1.807, 2.05) is 7.05 Å². The van der Waals surface area contributed by atoms with E-state index in [1.54, 1.807) is 7.11 Å². The van der Waals surface area contributed by atoms with E-state index in [4.69, 9.17) is 22.1 Å². The first-order valence-electron chi connectivity index (χ1n) is 5.33. The normalized spacial score (nSPS) is 10.8. The van der Waals surface area contributed by atoms with E-state index >= 15 is 0 Å². The molecular weight excluding hydrogens is 242 g/mol. The van der Waals surface area contributed by atoms with Gasteiger partial charge in [0.2, 0.25) is 5.28 Å². The molecule has 0 amide bonds. The number of nitrogens with two attached hydrogens (primary N) is 1. The van der Waals surface area contributed by atoms with E-state index in [0.29, 0.717) is 11.5 Å². The van der Waals surface area contributed by atoms with Crippen LogP contribution in [0.25, 0.3) is 0 Å². The predicted molar refractivity (Wildman–Crippen MR) is 69.3 cm³/mol. The smallest absolute Gasteiger partial charge is 0.224 e. The minimum atomic E-state index is 0.189. The summed E-state index contributed by atoms with van der Waals surface area (Å²) in [5.74, 6) is 0.574. The number of nitrogen functional groups attached to an aromatic ring is 1. The predicted octanol–water partition coefficient (Wildman–Crippen LogP) is 0.702. The SMILES string of the molecule is COCCN(C)CCNc1nc(Cl)ncc1N. The molecule has 7 heteroatoms. The number of hydrogen-bond donors (Lipinski definition) is 2. The summed E-state index contributed by atoms with van der Waals surface area (Å²) in [5.41, 5.74) is 6.20. The molecule has 0 aliphatic heterocycles. The van der Waals surface area contributed by atoms with Crippen LogP contribution in [0.1, 0.15) is 0 Å². The Morgan fingerprint density at radius 2 is 2.29 bits per heavy atom. The Hall–Kier alpha value is -1.11. The van der Waals surface area contributed by atoms with Crippen LogP contribution in [0, 0.1) is 0 Å². The quantitative estimate of drug-likeness (QED) is 0.702. The van der Waals surface area contributed by atoms with Gasteiger partial charge in [0.1, 0.15) is 0 Å². The summed E-state index contributed by atoms with van der Waals surface area (Å²) in [7, 11) is 3.71. The molecule has 0 aliphatic carbocycles. The van der Waals surface area contributed by atoms with Crippen molar-refractivity contribution in [2.75, 3.05) is 51.4 Å². The molecule has 0 bridgehead atoms. The average molecular weight is 260 g/mol. The highest BCUT2D eigenvalue weighted by Crippen LogP contribution is 2.15. The van der Waals surface area contributed by atoms with E-state index in [2.05, 4.69) is 20.2 Å². The molecule has 0 saturated carbocycles. The minimum absolute atomic E-state index is 0.189. The molecule has 0 aliphatic rings. The van der Waals surface area contributed by atoms with Crippen molar-refractivity contribution in [3.05, 3.63) is 11.5 Å². The summed E-state index contributed by atoms with van der Waals surface area (Å²) in [5, 5.41) is 3.31. The average Bonchev–Trinajstić information content (AvgIpc) is 2.31. The van der Waals surface area contributed by atoms with Gasteiger partial charge in [-0.25, -0.2) is 4.98 Å². The van der Waals surface area contributed by atoms with Crippen LogP contribution < -0.4 is 11.1 Å². The lowest BCUT2D eigenvalue weighted by Gasteiger charge is -2.16. The van der Waals surface area contributed by atoms with Gasteiger partial charge in [0, 0.05) is 26.7 Å². The number of likely N-dealkylation sites (N-methyl/N-ethyl adjacent to an activating group) is 1. The number of nitrogens with zero attached hydrogens (tertiary/aromatic N) is 3. The van der Waals surface area contributed by atoms with Crippen molar-refractivity contribution in [2.24, 2.45) is 0 Å². The van der Waals surface area contributed by atoms with Crippen molar-refractivity contribution in [3.63, 3.8) is 0 Å². The maximum atomic E-state index is 5.71. The van der Waals surface area contributed by atoms with Gasteiger partial charge in [0.05, 0.1) is 18.5 Å². The summed E-state index contributed by atoms with van der Waals surface area (Å²) in [6, 6.07) is 0. The molecule has 1 aromatic rings. The van der Waals surface area contributed by atoms with E-state index < -0.39 is 0 Å². The van der Waals surface area contributed by atoms with E-state index in [0.717, 1.165) is 26.2 Å². The third-order valence-electron chi connectivity index (χ3n) is 2.25. The van der Waals surface area contributed by atoms with Gasteiger partial charge >= 0.3 is 0 Å². The maximum absolute atomic E-state index is 5.71. The lowest BCUT2D eigenvalue weighted by Crippen LogP contribution is -2.28. The second-order valence-electron chi connectivity index (χ2n) is 3.67. The Kier molecular flexibility index (Phi) is 5.96. The summed E-state index contributed by atoms with van der Waals surface area (Å²) in [4.78, 5) is 9.94. The van der Waals surface area contributed by atoms with Gasteiger partial charge in [-0.05, 0) is 18.6 Å². The van der Waals surface area contributed by atoms with Crippen molar-refractivity contribution in [3.8, 4) is 0 Å². The second-order valence-corrected chi connectivity index (χ2v) is 4.00. The van der Waals surface area contributed by atoms with Gasteiger partial charge < -0.3 is 20.7 Å². The fraction of sp³-hybridized carbons (Fsp3) is 0.600. The summed E-state index contributed by atoms with van der Waals surface area (Å²) in [6.07, 6.45) is 1.49. The molecule has 1 aromatic heterocycles. The maximum Gasteiger partial charge on any atom is 0.224 e. The van der Waals surface area contributed by atoms with Crippen molar-refractivity contribution in [1.29, 1.82) is 0 Å². The molecule has 0 saturated heterocycles. The van der Waals surface area contributed by atoms with Gasteiger partial charge in [0.25, 0.3) is 0 Å². The summed E-state index contributed by atoms with van der Waals surface area (Å²) < 4.78 is 4.99. The molecule has 0 spiro atoms. The Labute approximate surface area is 106 Å². The van der Waals surface area contributed by atoms with Crippen molar-refractivity contribution < 1.29 is 4.74 Å². The molecule has 17 heavy (non-hydrogen) atoms. The molecule has 6 nitrogen and oxygen atoms in total. The van der Waals surface area contributed by atoms with Crippen LogP contribution in [0.4, 0.5) is 11.5 Å². The number of nitrogens with one attached hydrogen (secondary N) is 1. The Balaban J connectivity index is 2.32. The fourth-order valence-corrected chi connectivity index (χ4v) is 1.37. The zero-order chi connectivity index (χ0) is 12.7. The number of halogens is 1. The third kappa shape index (κ3) is 5.16. The highest BCUT2D eigenvalue weighted by Gasteiger charge is 2.03. The fourth-order valence-electron chi connectivity index (χ4n) is 1.24. The van der Waals surface area contributed by atoms with Crippen molar-refractivity contribution >= 4 is 23.1 Å². The number of ether oxygens (including phenoxy) is 1. The van der Waals surface area contributed by atoms with Crippen LogP contribution in [-0.4, -0.2) is 55.3 Å².